The van der Waals surface area contributed by atoms with Crippen LogP contribution in [0.25, 0.3) is 0 Å². The molecule has 0 radical (unpaired) electrons. The maximum Gasteiger partial charge on any atom is 0.408 e. The lowest BCUT2D eigenvalue weighted by Gasteiger charge is -2.38. The minimum atomic E-state index is -0.565. The smallest absolute Gasteiger partial charge is 0.408 e. The fourth-order valence-corrected chi connectivity index (χ4v) is 5.58. The highest BCUT2D eigenvalue weighted by Crippen LogP contribution is 2.42. The summed E-state index contributed by atoms with van der Waals surface area (Å²) in [6.07, 6.45) is 2.99. The third kappa shape index (κ3) is 7.44. The molecule has 2 aliphatic rings. The van der Waals surface area contributed by atoms with Crippen LogP contribution in [0.4, 0.5) is 4.79 Å². The van der Waals surface area contributed by atoms with E-state index in [1.165, 1.54) is 0 Å². The summed E-state index contributed by atoms with van der Waals surface area (Å²) in [6.45, 7) is 9.63. The number of nitrogens with one attached hydrogen (secondary N) is 1. The van der Waals surface area contributed by atoms with Crippen LogP contribution in [0.3, 0.4) is 0 Å². The van der Waals surface area contributed by atoms with Crippen molar-refractivity contribution >= 4 is 12.0 Å². The Hall–Kier alpha value is -3.26. The highest BCUT2D eigenvalue weighted by atomic mass is 16.6. The number of benzene rings is 2. The van der Waals surface area contributed by atoms with Gasteiger partial charge >= 0.3 is 6.09 Å². The van der Waals surface area contributed by atoms with E-state index in [1.807, 2.05) is 74.2 Å². The minimum Gasteiger partial charge on any atom is -0.497 e. The van der Waals surface area contributed by atoms with Crippen molar-refractivity contribution in [2.75, 3.05) is 40.4 Å². The number of ether oxygens (including phenoxy) is 3. The number of methoxy groups -OCH3 is 2. The third-order valence-corrected chi connectivity index (χ3v) is 7.89. The topological polar surface area (TPSA) is 80.3 Å². The van der Waals surface area contributed by atoms with Gasteiger partial charge in [0.2, 0.25) is 5.91 Å². The largest absolute Gasteiger partial charge is 0.497 e. The Labute approximate surface area is 232 Å². The van der Waals surface area contributed by atoms with Crippen molar-refractivity contribution in [1.29, 1.82) is 0 Å². The molecule has 2 amide bonds. The maximum atomic E-state index is 13.5. The van der Waals surface area contributed by atoms with Crippen LogP contribution in [-0.2, 0) is 16.1 Å². The van der Waals surface area contributed by atoms with Gasteiger partial charge in [-0.2, -0.15) is 0 Å². The quantitative estimate of drug-likeness (QED) is 0.475. The normalized spacial score (nSPS) is 18.2. The van der Waals surface area contributed by atoms with Crippen LogP contribution in [0.2, 0.25) is 0 Å². The first-order chi connectivity index (χ1) is 18.6. The molecule has 2 aliphatic heterocycles. The van der Waals surface area contributed by atoms with Crippen molar-refractivity contribution in [3.8, 4) is 11.5 Å². The average molecular weight is 538 g/mol. The second-order valence-electron chi connectivity index (χ2n) is 11.7. The molecule has 0 saturated carbocycles. The Bertz CT molecular complexity index is 1100. The minimum absolute atomic E-state index is 0.185. The summed E-state index contributed by atoms with van der Waals surface area (Å²) in [5.41, 5.74) is 1.33. The monoisotopic (exact) mass is 537 g/mol. The fraction of sp³-hybridized carbons (Fsp3) is 0.548. The van der Waals surface area contributed by atoms with Crippen molar-refractivity contribution < 1.29 is 23.8 Å². The van der Waals surface area contributed by atoms with Gasteiger partial charge in [0.1, 0.15) is 17.1 Å². The van der Waals surface area contributed by atoms with Crippen LogP contribution in [0, 0.1) is 5.41 Å². The molecule has 39 heavy (non-hydrogen) atoms. The Balaban J connectivity index is 1.32. The molecule has 1 spiro atoms. The number of nitrogens with zero attached hydrogens (tertiary/aromatic N) is 2. The summed E-state index contributed by atoms with van der Waals surface area (Å²) in [5, 5.41) is 3.06. The number of carbonyl (C=O) groups excluding carboxylic acids is 2. The predicted molar refractivity (Wildman–Crippen MR) is 151 cm³/mol. The summed E-state index contributed by atoms with van der Waals surface area (Å²) < 4.78 is 16.1. The molecule has 2 heterocycles. The first-order valence-corrected chi connectivity index (χ1v) is 13.9. The Morgan fingerprint density at radius 1 is 0.923 bits per heavy atom. The van der Waals surface area contributed by atoms with Gasteiger partial charge in [-0.3, -0.25) is 4.79 Å². The number of alkyl carbamates (subject to hydrolysis) is 1. The number of hydrogen-bond acceptors (Lipinski definition) is 6. The summed E-state index contributed by atoms with van der Waals surface area (Å²) in [6, 6.07) is 15.6. The molecule has 2 fully saturated rings. The molecule has 1 unspecified atom stereocenters. The van der Waals surface area contributed by atoms with E-state index in [4.69, 9.17) is 14.2 Å². The highest BCUT2D eigenvalue weighted by molar-refractivity contribution is 5.85. The van der Waals surface area contributed by atoms with E-state index in [1.54, 1.807) is 14.2 Å². The van der Waals surface area contributed by atoms with Gasteiger partial charge in [-0.1, -0.05) is 24.3 Å². The van der Waals surface area contributed by atoms with Gasteiger partial charge in [0, 0.05) is 19.6 Å². The standard InChI is InChI=1S/C31H43N3O5/c1-30(2,3)39-29(36)32-27(24-8-12-26(38-5)13-9-24)14-18-33-19-15-31(16-20-33)17-21-34(28(31)35)22-23-6-10-25(37-4)11-7-23/h6-13,27H,14-22H2,1-5H3,(H,32,36). The molecule has 2 aromatic carbocycles. The molecule has 2 aromatic rings. The van der Waals surface area contributed by atoms with Crippen LogP contribution >= 0.6 is 0 Å². The van der Waals surface area contributed by atoms with Crippen molar-refractivity contribution in [1.82, 2.24) is 15.1 Å². The summed E-state index contributed by atoms with van der Waals surface area (Å²) >= 11 is 0. The Morgan fingerprint density at radius 3 is 2.05 bits per heavy atom. The lowest BCUT2D eigenvalue weighted by Crippen LogP contribution is -2.45. The number of rotatable bonds is 9. The van der Waals surface area contributed by atoms with Gasteiger partial charge in [0.25, 0.3) is 0 Å². The molecule has 1 N–H and O–H groups in total. The lowest BCUT2D eigenvalue weighted by atomic mass is 9.77. The average Bonchev–Trinajstić information content (AvgIpc) is 3.21. The zero-order valence-electron chi connectivity index (χ0n) is 24.0. The molecule has 2 saturated heterocycles. The second kappa shape index (κ2) is 12.3. The molecule has 8 heteroatoms. The van der Waals surface area contributed by atoms with Crippen LogP contribution in [0.1, 0.15) is 63.6 Å². The van der Waals surface area contributed by atoms with Gasteiger partial charge in [0.15, 0.2) is 0 Å². The molecular weight excluding hydrogens is 494 g/mol. The molecule has 212 valence electrons. The highest BCUT2D eigenvalue weighted by Gasteiger charge is 2.47. The number of carbonyl (C=O) groups is 2. The van der Waals surface area contributed by atoms with Gasteiger partial charge in [-0.05, 0) is 94.9 Å². The molecule has 4 rings (SSSR count). The Morgan fingerprint density at radius 2 is 1.49 bits per heavy atom. The van der Waals surface area contributed by atoms with Crippen LogP contribution < -0.4 is 14.8 Å². The fourth-order valence-electron chi connectivity index (χ4n) is 5.58. The summed E-state index contributed by atoms with van der Waals surface area (Å²) in [4.78, 5) is 30.5. The number of likely N-dealkylation sites (tertiary alicyclic amines) is 2. The SMILES string of the molecule is COc1ccc(CN2CCC3(CCN(CCC(NC(=O)OC(C)(C)C)c4ccc(OC)cc4)CC3)C2=O)cc1. The first kappa shape index (κ1) is 28.7. The van der Waals surface area contributed by atoms with E-state index in [2.05, 4.69) is 10.2 Å². The van der Waals surface area contributed by atoms with Crippen LogP contribution in [-0.4, -0.2) is 67.8 Å². The van der Waals surface area contributed by atoms with Crippen molar-refractivity contribution in [3.63, 3.8) is 0 Å². The molecule has 0 bridgehead atoms. The zero-order valence-corrected chi connectivity index (χ0v) is 24.0. The van der Waals surface area contributed by atoms with E-state index in [-0.39, 0.29) is 11.5 Å². The van der Waals surface area contributed by atoms with Gasteiger partial charge < -0.3 is 29.3 Å². The van der Waals surface area contributed by atoms with E-state index < -0.39 is 11.7 Å². The van der Waals surface area contributed by atoms with Crippen molar-refractivity contribution in [2.45, 2.75) is 64.6 Å². The molecule has 1 atom stereocenters. The van der Waals surface area contributed by atoms with E-state index in [9.17, 15) is 9.59 Å². The van der Waals surface area contributed by atoms with Crippen LogP contribution in [0.5, 0.6) is 11.5 Å². The second-order valence-corrected chi connectivity index (χ2v) is 11.7. The zero-order chi connectivity index (χ0) is 28.0. The van der Waals surface area contributed by atoms with E-state index in [0.717, 1.165) is 74.5 Å². The number of piperidine rings is 1. The molecule has 8 nitrogen and oxygen atoms in total. The third-order valence-electron chi connectivity index (χ3n) is 7.89. The number of hydrogen-bond donors (Lipinski definition) is 1. The van der Waals surface area contributed by atoms with Crippen molar-refractivity contribution in [2.24, 2.45) is 5.41 Å². The first-order valence-electron chi connectivity index (χ1n) is 13.9. The van der Waals surface area contributed by atoms with E-state index >= 15 is 0 Å². The molecule has 0 aliphatic carbocycles. The number of amides is 2. The van der Waals surface area contributed by atoms with Gasteiger partial charge in [0.05, 0.1) is 25.7 Å². The summed E-state index contributed by atoms with van der Waals surface area (Å²) in [7, 11) is 3.30. The van der Waals surface area contributed by atoms with Crippen LogP contribution in [0.15, 0.2) is 48.5 Å². The maximum absolute atomic E-state index is 13.5. The van der Waals surface area contributed by atoms with Crippen molar-refractivity contribution in [3.05, 3.63) is 59.7 Å². The predicted octanol–water partition coefficient (Wildman–Crippen LogP) is 5.17. The van der Waals surface area contributed by atoms with E-state index in [0.29, 0.717) is 12.5 Å². The Kier molecular flexibility index (Phi) is 9.05. The lowest BCUT2D eigenvalue weighted by molar-refractivity contribution is -0.138. The van der Waals surface area contributed by atoms with Gasteiger partial charge in [-0.15, -0.1) is 0 Å². The molecular formula is C31H43N3O5. The van der Waals surface area contributed by atoms with Gasteiger partial charge in [-0.25, -0.2) is 4.79 Å². The summed E-state index contributed by atoms with van der Waals surface area (Å²) in [5.74, 6) is 1.89. The molecule has 0 aromatic heterocycles.